The van der Waals surface area contributed by atoms with Gasteiger partial charge in [-0.3, -0.25) is 0 Å². The van der Waals surface area contributed by atoms with E-state index in [0.717, 1.165) is 6.42 Å². The van der Waals surface area contributed by atoms with Crippen LogP contribution in [0.25, 0.3) is 0 Å². The summed E-state index contributed by atoms with van der Waals surface area (Å²) in [6, 6.07) is 6.02. The molecule has 0 fully saturated rings. The number of rotatable bonds is 6. The molecule has 0 bridgehead atoms. The van der Waals surface area contributed by atoms with Gasteiger partial charge in [-0.15, -0.1) is 0 Å². The molecule has 6 heteroatoms. The van der Waals surface area contributed by atoms with E-state index in [4.69, 9.17) is 14.6 Å². The van der Waals surface area contributed by atoms with Gasteiger partial charge in [0.15, 0.2) is 0 Å². The van der Waals surface area contributed by atoms with E-state index >= 15 is 0 Å². The molecule has 1 unspecified atom stereocenters. The number of hydrogen-bond donors (Lipinski definition) is 1. The van der Waals surface area contributed by atoms with Crippen molar-refractivity contribution in [3.05, 3.63) is 24.3 Å². The average molecular weight is 259 g/mol. The van der Waals surface area contributed by atoms with Gasteiger partial charge >= 0.3 is 0 Å². The highest BCUT2D eigenvalue weighted by Gasteiger charge is 2.08. The number of ether oxygens (including phenoxy) is 2. The van der Waals surface area contributed by atoms with E-state index in [1.54, 1.807) is 19.2 Å². The molecule has 0 radical (unpaired) electrons. The number of methoxy groups -OCH3 is 1. The maximum Gasteiger partial charge on any atom is 0.238 e. The fourth-order valence-corrected chi connectivity index (χ4v) is 1.80. The topological polar surface area (TPSA) is 78.6 Å². The Labute approximate surface area is 102 Å². The summed E-state index contributed by atoms with van der Waals surface area (Å²) in [4.78, 5) is 0.0781. The third kappa shape index (κ3) is 4.72. The van der Waals surface area contributed by atoms with Crippen LogP contribution in [-0.2, 0) is 14.8 Å². The summed E-state index contributed by atoms with van der Waals surface area (Å²) in [6.07, 6.45) is 0.781. The second kappa shape index (κ2) is 6.00. The maximum absolute atomic E-state index is 11.0. The molecule has 0 aromatic heterocycles. The van der Waals surface area contributed by atoms with E-state index in [2.05, 4.69) is 0 Å². The Hall–Kier alpha value is -1.11. The molecule has 5 nitrogen and oxygen atoms in total. The first-order valence-electron chi connectivity index (χ1n) is 5.22. The van der Waals surface area contributed by atoms with E-state index in [9.17, 15) is 8.42 Å². The number of benzene rings is 1. The molecule has 0 heterocycles. The largest absolute Gasteiger partial charge is 0.491 e. The van der Waals surface area contributed by atoms with Gasteiger partial charge in [0, 0.05) is 20.1 Å². The quantitative estimate of drug-likeness (QED) is 0.830. The van der Waals surface area contributed by atoms with Crippen molar-refractivity contribution in [1.29, 1.82) is 0 Å². The van der Waals surface area contributed by atoms with Crippen LogP contribution in [0.1, 0.15) is 13.3 Å². The predicted molar refractivity (Wildman–Crippen MR) is 64.4 cm³/mol. The van der Waals surface area contributed by atoms with Gasteiger partial charge in [0.2, 0.25) is 10.0 Å². The van der Waals surface area contributed by atoms with Crippen LogP contribution in [0.3, 0.4) is 0 Å². The summed E-state index contributed by atoms with van der Waals surface area (Å²) in [5.74, 6) is 0.612. The monoisotopic (exact) mass is 259 g/mol. The van der Waals surface area contributed by atoms with Crippen molar-refractivity contribution < 1.29 is 17.9 Å². The van der Waals surface area contributed by atoms with E-state index in [-0.39, 0.29) is 11.0 Å². The molecule has 1 aromatic rings. The number of primary sulfonamides is 1. The van der Waals surface area contributed by atoms with Gasteiger partial charge in [-0.1, -0.05) is 0 Å². The Morgan fingerprint density at radius 3 is 2.35 bits per heavy atom. The Morgan fingerprint density at radius 2 is 1.88 bits per heavy atom. The van der Waals surface area contributed by atoms with E-state index in [1.807, 2.05) is 6.92 Å². The van der Waals surface area contributed by atoms with E-state index in [1.165, 1.54) is 12.1 Å². The van der Waals surface area contributed by atoms with Gasteiger partial charge in [-0.05, 0) is 31.2 Å². The van der Waals surface area contributed by atoms with Crippen LogP contribution in [0, 0.1) is 0 Å². The predicted octanol–water partition coefficient (Wildman–Crippen LogP) is 1.14. The summed E-state index contributed by atoms with van der Waals surface area (Å²) in [7, 11) is -2.01. The summed E-state index contributed by atoms with van der Waals surface area (Å²) >= 11 is 0. The van der Waals surface area contributed by atoms with Crippen molar-refractivity contribution in [2.75, 3.05) is 13.7 Å². The Bertz CT molecular complexity index is 441. The van der Waals surface area contributed by atoms with Gasteiger partial charge in [0.1, 0.15) is 5.75 Å². The van der Waals surface area contributed by atoms with Gasteiger partial charge < -0.3 is 9.47 Å². The molecule has 2 N–H and O–H groups in total. The molecular formula is C11H17NO4S. The highest BCUT2D eigenvalue weighted by molar-refractivity contribution is 7.89. The minimum Gasteiger partial charge on any atom is -0.491 e. The first-order chi connectivity index (χ1) is 7.93. The third-order valence-corrected chi connectivity index (χ3v) is 3.15. The summed E-state index contributed by atoms with van der Waals surface area (Å²) in [5, 5.41) is 4.99. The van der Waals surface area contributed by atoms with Crippen LogP contribution in [0.15, 0.2) is 29.2 Å². The molecule has 1 aromatic carbocycles. The number of hydrogen-bond acceptors (Lipinski definition) is 4. The second-order valence-electron chi connectivity index (χ2n) is 3.73. The SMILES string of the molecule is COCCC(C)Oc1ccc(S(N)(=O)=O)cc1. The smallest absolute Gasteiger partial charge is 0.238 e. The van der Waals surface area contributed by atoms with Crippen molar-refractivity contribution in [2.45, 2.75) is 24.3 Å². The lowest BCUT2D eigenvalue weighted by Gasteiger charge is -2.14. The second-order valence-corrected chi connectivity index (χ2v) is 5.29. The number of sulfonamides is 1. The molecule has 17 heavy (non-hydrogen) atoms. The lowest BCUT2D eigenvalue weighted by molar-refractivity contribution is 0.135. The molecule has 0 saturated heterocycles. The molecule has 1 rings (SSSR count). The summed E-state index contributed by atoms with van der Waals surface area (Å²) in [6.45, 7) is 2.54. The van der Waals surface area contributed by atoms with Gasteiger partial charge in [0.05, 0.1) is 11.0 Å². The normalized spacial score (nSPS) is 13.4. The molecular weight excluding hydrogens is 242 g/mol. The van der Waals surface area contributed by atoms with E-state index in [0.29, 0.717) is 12.4 Å². The van der Waals surface area contributed by atoms with Crippen molar-refractivity contribution in [3.63, 3.8) is 0 Å². The molecule has 0 aliphatic rings. The zero-order valence-corrected chi connectivity index (χ0v) is 10.7. The maximum atomic E-state index is 11.0. The van der Waals surface area contributed by atoms with E-state index < -0.39 is 10.0 Å². The van der Waals surface area contributed by atoms with Crippen LogP contribution in [0.2, 0.25) is 0 Å². The zero-order chi connectivity index (χ0) is 12.9. The Kier molecular flexibility index (Phi) is 4.92. The molecule has 96 valence electrons. The Morgan fingerprint density at radius 1 is 1.29 bits per heavy atom. The van der Waals surface area contributed by atoms with Gasteiger partial charge in [0.25, 0.3) is 0 Å². The van der Waals surface area contributed by atoms with Crippen LogP contribution >= 0.6 is 0 Å². The summed E-state index contributed by atoms with van der Waals surface area (Å²) in [5.41, 5.74) is 0. The minimum absolute atomic E-state index is 0.00952. The fraction of sp³-hybridized carbons (Fsp3) is 0.455. The molecule has 0 spiro atoms. The molecule has 0 aliphatic carbocycles. The van der Waals surface area contributed by atoms with Crippen molar-refractivity contribution in [2.24, 2.45) is 5.14 Å². The fourth-order valence-electron chi connectivity index (χ4n) is 1.28. The molecule has 1 atom stereocenters. The molecule has 0 aliphatic heterocycles. The minimum atomic E-state index is -3.64. The van der Waals surface area contributed by atoms with Crippen molar-refractivity contribution in [3.8, 4) is 5.75 Å². The zero-order valence-electron chi connectivity index (χ0n) is 9.92. The van der Waals surface area contributed by atoms with Gasteiger partial charge in [-0.2, -0.15) is 0 Å². The highest BCUT2D eigenvalue weighted by Crippen LogP contribution is 2.16. The highest BCUT2D eigenvalue weighted by atomic mass is 32.2. The average Bonchev–Trinajstić information content (AvgIpc) is 2.26. The lowest BCUT2D eigenvalue weighted by atomic mass is 10.3. The lowest BCUT2D eigenvalue weighted by Crippen LogP contribution is -2.15. The Balaban J connectivity index is 2.63. The first kappa shape index (κ1) is 14.0. The molecule has 0 saturated carbocycles. The van der Waals surface area contributed by atoms with Crippen molar-refractivity contribution >= 4 is 10.0 Å². The first-order valence-corrected chi connectivity index (χ1v) is 6.76. The number of nitrogens with two attached hydrogens (primary N) is 1. The van der Waals surface area contributed by atoms with Crippen LogP contribution in [0.4, 0.5) is 0 Å². The van der Waals surface area contributed by atoms with Gasteiger partial charge in [-0.25, -0.2) is 13.6 Å². The van der Waals surface area contributed by atoms with Crippen LogP contribution < -0.4 is 9.88 Å². The summed E-state index contributed by atoms with van der Waals surface area (Å²) < 4.78 is 32.6. The van der Waals surface area contributed by atoms with Crippen LogP contribution in [-0.4, -0.2) is 28.2 Å². The third-order valence-electron chi connectivity index (χ3n) is 2.22. The standard InChI is InChI=1S/C11H17NO4S/c1-9(7-8-15-2)16-10-3-5-11(6-4-10)17(12,13)14/h3-6,9H,7-8H2,1-2H3,(H2,12,13,14). The van der Waals surface area contributed by atoms with Crippen molar-refractivity contribution in [1.82, 2.24) is 0 Å². The molecule has 0 amide bonds. The van der Waals surface area contributed by atoms with Crippen LogP contribution in [0.5, 0.6) is 5.75 Å².